The van der Waals surface area contributed by atoms with E-state index in [-0.39, 0.29) is 66.7 Å². The minimum atomic E-state index is -0.865. The summed E-state index contributed by atoms with van der Waals surface area (Å²) < 4.78 is 12.8. The first-order valence-corrected chi connectivity index (χ1v) is 23.3. The molecule has 6 atom stereocenters. The first-order chi connectivity index (χ1) is 27.7. The average molecular weight is 794 g/mol. The molecule has 8 fully saturated rings. The van der Waals surface area contributed by atoms with E-state index in [0.717, 1.165) is 64.6 Å². The van der Waals surface area contributed by atoms with Gasteiger partial charge in [-0.05, 0) is 120 Å². The number of nitrogens with one attached hydrogen (secondary N) is 3. The van der Waals surface area contributed by atoms with Crippen LogP contribution in [-0.4, -0.2) is 115 Å². The SMILES string of the molecule is CC/C(=C(\C1CCC(O)CC1)C1CCC(OCCN2CC(COC3CNC(C4CCC5C(=O)N(C6CCC(=O)NC6=O)C(=O)C5C4)CN3)C2)CC1)C1CCCCC1. The van der Waals surface area contributed by atoms with Crippen LogP contribution in [0.3, 0.4) is 0 Å². The van der Waals surface area contributed by atoms with E-state index in [9.17, 15) is 24.3 Å². The first-order valence-electron chi connectivity index (χ1n) is 23.3. The highest BCUT2D eigenvalue weighted by Crippen LogP contribution is 2.46. The summed E-state index contributed by atoms with van der Waals surface area (Å²) in [7, 11) is 0. The molecule has 4 aliphatic heterocycles. The van der Waals surface area contributed by atoms with E-state index in [0.29, 0.717) is 43.2 Å². The average Bonchev–Trinajstić information content (AvgIpc) is 3.46. The number of imide groups is 2. The number of ether oxygens (including phenoxy) is 2. The molecular weight excluding hydrogens is 723 g/mol. The Bertz CT molecular complexity index is 1450. The number of rotatable bonds is 13. The number of allylic oxidation sites excluding steroid dienone is 2. The van der Waals surface area contributed by atoms with Gasteiger partial charge in [-0.25, -0.2) is 0 Å². The number of nitrogens with zero attached hydrogens (tertiary/aromatic N) is 2. The van der Waals surface area contributed by atoms with Crippen LogP contribution in [0.25, 0.3) is 0 Å². The Kier molecular flexibility index (Phi) is 13.8. The zero-order chi connectivity index (χ0) is 39.5. The molecule has 318 valence electrons. The van der Waals surface area contributed by atoms with Crippen LogP contribution in [0, 0.1) is 41.4 Å². The number of likely N-dealkylation sites (tertiary alicyclic amines) is 2. The summed E-state index contributed by atoms with van der Waals surface area (Å²) in [6.45, 7) is 8.51. The van der Waals surface area contributed by atoms with Gasteiger partial charge in [0.15, 0.2) is 0 Å². The van der Waals surface area contributed by atoms with Gasteiger partial charge in [-0.2, -0.15) is 0 Å². The number of fused-ring (bicyclic) bond motifs is 1. The molecular formula is C45H71N5O7. The van der Waals surface area contributed by atoms with Crippen LogP contribution in [-0.2, 0) is 28.7 Å². The summed E-state index contributed by atoms with van der Waals surface area (Å²) >= 11 is 0. The number of carbonyl (C=O) groups excluding carboxylic acids is 4. The lowest BCUT2D eigenvalue weighted by molar-refractivity contribution is -0.151. The van der Waals surface area contributed by atoms with Crippen molar-refractivity contribution in [1.82, 2.24) is 25.8 Å². The zero-order valence-corrected chi connectivity index (χ0v) is 34.6. The lowest BCUT2D eigenvalue weighted by Crippen LogP contribution is -2.59. The number of amides is 4. The molecule has 4 saturated carbocycles. The highest BCUT2D eigenvalue weighted by molar-refractivity contribution is 6.10. The number of piperidine rings is 1. The van der Waals surface area contributed by atoms with Gasteiger partial charge in [0.05, 0.1) is 37.3 Å². The van der Waals surface area contributed by atoms with E-state index < -0.39 is 11.9 Å². The Morgan fingerprint density at radius 1 is 0.754 bits per heavy atom. The number of aliphatic hydroxyl groups excluding tert-OH is 1. The highest BCUT2D eigenvalue weighted by Gasteiger charge is 2.54. The van der Waals surface area contributed by atoms with Crippen molar-refractivity contribution in [2.75, 3.05) is 45.9 Å². The lowest BCUT2D eigenvalue weighted by Gasteiger charge is -2.42. The summed E-state index contributed by atoms with van der Waals surface area (Å²) in [5.41, 5.74) is 3.66. The molecule has 12 nitrogen and oxygen atoms in total. The van der Waals surface area contributed by atoms with Crippen LogP contribution in [0.4, 0.5) is 0 Å². The summed E-state index contributed by atoms with van der Waals surface area (Å²) in [5, 5.41) is 19.8. The Morgan fingerprint density at radius 2 is 1.47 bits per heavy atom. The zero-order valence-electron chi connectivity index (χ0n) is 34.6. The summed E-state index contributed by atoms with van der Waals surface area (Å²) in [6, 6.07) is -0.663. The number of hydrogen-bond donors (Lipinski definition) is 4. The molecule has 4 saturated heterocycles. The maximum Gasteiger partial charge on any atom is 0.249 e. The van der Waals surface area contributed by atoms with Gasteiger partial charge in [-0.3, -0.25) is 34.7 Å². The van der Waals surface area contributed by atoms with Crippen molar-refractivity contribution in [3.8, 4) is 0 Å². The van der Waals surface area contributed by atoms with Gasteiger partial charge < -0.3 is 24.8 Å². The quantitative estimate of drug-likeness (QED) is 0.156. The molecule has 0 aromatic rings. The predicted octanol–water partition coefficient (Wildman–Crippen LogP) is 4.44. The Hall–Kier alpha value is -2.22. The van der Waals surface area contributed by atoms with Crippen LogP contribution in [0.2, 0.25) is 0 Å². The first kappa shape index (κ1) is 41.5. The minimum Gasteiger partial charge on any atom is -0.393 e. The fourth-order valence-electron chi connectivity index (χ4n) is 12.5. The summed E-state index contributed by atoms with van der Waals surface area (Å²) in [6.07, 6.45) is 20.1. The maximum absolute atomic E-state index is 13.4. The van der Waals surface area contributed by atoms with Crippen LogP contribution in [0.5, 0.6) is 0 Å². The molecule has 4 amide bonds. The van der Waals surface area contributed by atoms with Crippen LogP contribution in [0.15, 0.2) is 11.1 Å². The molecule has 8 aliphatic rings. The number of hydrogen-bond acceptors (Lipinski definition) is 10. The smallest absolute Gasteiger partial charge is 0.249 e. The minimum absolute atomic E-state index is 0.0426. The summed E-state index contributed by atoms with van der Waals surface area (Å²) in [5.74, 6) is 0.892. The Balaban J connectivity index is 0.706. The van der Waals surface area contributed by atoms with Gasteiger partial charge in [0.1, 0.15) is 12.3 Å². The van der Waals surface area contributed by atoms with Gasteiger partial charge in [0.2, 0.25) is 23.6 Å². The van der Waals surface area contributed by atoms with Gasteiger partial charge in [-0.15, -0.1) is 0 Å². The third kappa shape index (κ3) is 9.57. The molecule has 0 spiro atoms. The van der Waals surface area contributed by atoms with E-state index in [1.807, 2.05) is 11.1 Å². The van der Waals surface area contributed by atoms with Crippen molar-refractivity contribution < 1.29 is 33.8 Å². The molecule has 4 heterocycles. The monoisotopic (exact) mass is 794 g/mol. The third-order valence-electron chi connectivity index (χ3n) is 15.6. The molecule has 0 aromatic heterocycles. The van der Waals surface area contributed by atoms with Crippen molar-refractivity contribution in [2.24, 2.45) is 41.4 Å². The van der Waals surface area contributed by atoms with Crippen molar-refractivity contribution in [1.29, 1.82) is 0 Å². The second-order valence-electron chi connectivity index (χ2n) is 19.2. The van der Waals surface area contributed by atoms with Gasteiger partial charge in [0, 0.05) is 51.1 Å². The van der Waals surface area contributed by atoms with Crippen LogP contribution < -0.4 is 16.0 Å². The molecule has 6 unspecified atom stereocenters. The van der Waals surface area contributed by atoms with Crippen molar-refractivity contribution in [2.45, 2.75) is 159 Å². The van der Waals surface area contributed by atoms with Crippen molar-refractivity contribution in [3.63, 3.8) is 0 Å². The molecule has 12 heteroatoms. The Labute approximate surface area is 340 Å². The largest absolute Gasteiger partial charge is 0.393 e. The molecule has 4 aliphatic carbocycles. The number of aliphatic hydroxyl groups is 1. The molecule has 57 heavy (non-hydrogen) atoms. The number of piperazine rings is 1. The maximum atomic E-state index is 13.4. The van der Waals surface area contributed by atoms with Crippen LogP contribution in [0.1, 0.15) is 129 Å². The normalized spacial score (nSPS) is 38.1. The Morgan fingerprint density at radius 3 is 2.16 bits per heavy atom. The van der Waals surface area contributed by atoms with E-state index in [1.54, 1.807) is 0 Å². The third-order valence-corrected chi connectivity index (χ3v) is 15.6. The molecule has 0 radical (unpaired) electrons. The summed E-state index contributed by atoms with van der Waals surface area (Å²) in [4.78, 5) is 54.4. The van der Waals surface area contributed by atoms with Crippen molar-refractivity contribution >= 4 is 23.6 Å². The lowest BCUT2D eigenvalue weighted by atomic mass is 9.68. The standard InChI is InChI=1S/C45H71N5O7/c1-2-35(29-6-4-3-5-7-29)42(30-8-13-33(51)14-9-30)31-10-15-34(16-11-31)56-21-20-49-25-28(26-49)27-57-41-24-46-38(23-47-41)32-12-17-36-37(22-32)45(55)50(44(36)54)39-18-19-40(52)48-43(39)53/h28-34,36-39,41,46-47,51H,2-27H2,1H3,(H,48,52,53)/b42-35-. The molecule has 8 rings (SSSR count). The second-order valence-corrected chi connectivity index (χ2v) is 19.2. The second kappa shape index (κ2) is 19.0. The van der Waals surface area contributed by atoms with E-state index in [4.69, 9.17) is 9.47 Å². The number of carbonyl (C=O) groups is 4. The van der Waals surface area contributed by atoms with E-state index in [2.05, 4.69) is 27.8 Å². The topological polar surface area (TPSA) is 150 Å². The fourth-order valence-corrected chi connectivity index (χ4v) is 12.5. The van der Waals surface area contributed by atoms with Gasteiger partial charge >= 0.3 is 0 Å². The molecule has 0 bridgehead atoms. The predicted molar refractivity (Wildman–Crippen MR) is 215 cm³/mol. The van der Waals surface area contributed by atoms with E-state index in [1.165, 1.54) is 81.9 Å². The molecule has 4 N–H and O–H groups in total. The molecule has 0 aromatic carbocycles. The fraction of sp³-hybridized carbons (Fsp3) is 0.867. The van der Waals surface area contributed by atoms with Crippen LogP contribution >= 0.6 is 0 Å². The van der Waals surface area contributed by atoms with E-state index >= 15 is 0 Å². The van der Waals surface area contributed by atoms with Crippen molar-refractivity contribution in [3.05, 3.63) is 11.1 Å². The highest BCUT2D eigenvalue weighted by atomic mass is 16.5. The van der Waals surface area contributed by atoms with Gasteiger partial charge in [-0.1, -0.05) is 37.3 Å². The van der Waals surface area contributed by atoms with Gasteiger partial charge in [0.25, 0.3) is 0 Å².